The molecular weight excluding hydrogens is 238 g/mol. The molecule has 6 nitrogen and oxygen atoms in total. The molecule has 0 radical (unpaired) electrons. The number of amides is 1. The molecule has 0 aromatic heterocycles. The average Bonchev–Trinajstić information content (AvgIpc) is 2.48. The van der Waals surface area contributed by atoms with Crippen molar-refractivity contribution >= 4 is 11.9 Å². The Labute approximate surface area is 101 Å². The van der Waals surface area contributed by atoms with Gasteiger partial charge in [0.2, 0.25) is 0 Å². The van der Waals surface area contributed by atoms with Gasteiger partial charge in [-0.25, -0.2) is 4.79 Å². The molecule has 0 atom stereocenters. The summed E-state index contributed by atoms with van der Waals surface area (Å²) in [5.74, 6) is -1.37. The van der Waals surface area contributed by atoms with Gasteiger partial charge in [-0.05, 0) is 6.07 Å². The third-order valence-corrected chi connectivity index (χ3v) is 2.26. The van der Waals surface area contributed by atoms with Crippen molar-refractivity contribution in [1.29, 1.82) is 0 Å². The topological polar surface area (TPSA) is 99.6 Å². The summed E-state index contributed by atoms with van der Waals surface area (Å²) in [5, 5.41) is 0. The van der Waals surface area contributed by atoms with E-state index in [2.05, 4.69) is 0 Å². The maximum absolute atomic E-state index is 11.5. The molecule has 0 spiro atoms. The van der Waals surface area contributed by atoms with Crippen LogP contribution in [-0.2, 0) is 4.79 Å². The van der Waals surface area contributed by atoms with Gasteiger partial charge in [0.1, 0.15) is 5.56 Å². The van der Waals surface area contributed by atoms with Crippen molar-refractivity contribution < 1.29 is 18.7 Å². The summed E-state index contributed by atoms with van der Waals surface area (Å²) in [4.78, 5) is 33.6. The number of furan rings is 1. The summed E-state index contributed by atoms with van der Waals surface area (Å²) in [6, 6.07) is 6.12. The van der Waals surface area contributed by atoms with Crippen molar-refractivity contribution in [3.05, 3.63) is 40.2 Å². The lowest BCUT2D eigenvalue weighted by Gasteiger charge is -2.00. The van der Waals surface area contributed by atoms with E-state index in [0.717, 1.165) is 0 Å². The van der Waals surface area contributed by atoms with Gasteiger partial charge < -0.3 is 14.9 Å². The van der Waals surface area contributed by atoms with E-state index in [4.69, 9.17) is 14.9 Å². The molecule has 0 bridgehead atoms. The van der Waals surface area contributed by atoms with Crippen LogP contribution < -0.4 is 16.1 Å². The minimum atomic E-state index is -0.890. The van der Waals surface area contributed by atoms with Gasteiger partial charge >= 0.3 is 11.6 Å². The predicted octanol–water partition coefficient (Wildman–Crippen LogP) is 0.769. The fourth-order valence-corrected chi connectivity index (χ4v) is 1.60. The van der Waals surface area contributed by atoms with Gasteiger partial charge in [-0.2, -0.15) is 0 Å². The second-order valence-corrected chi connectivity index (χ2v) is 3.55. The maximum atomic E-state index is 11.5. The molecule has 2 aliphatic rings. The number of esters is 1. The second-order valence-electron chi connectivity index (χ2n) is 3.55. The quantitative estimate of drug-likeness (QED) is 0.790. The number of hydrogen-bond donors (Lipinski definition) is 1. The van der Waals surface area contributed by atoms with E-state index in [1.54, 1.807) is 12.1 Å². The molecule has 1 aliphatic heterocycles. The molecule has 0 aromatic carbocycles. The van der Waals surface area contributed by atoms with Gasteiger partial charge in [0.15, 0.2) is 11.5 Å². The average molecular weight is 247 g/mol. The highest BCUT2D eigenvalue weighted by Crippen LogP contribution is 2.32. The molecule has 0 saturated heterocycles. The molecule has 0 unspecified atom stereocenters. The van der Waals surface area contributed by atoms with Crippen LogP contribution in [0.3, 0.4) is 0 Å². The largest absolute Gasteiger partial charge is 0.423 e. The molecule has 0 saturated carbocycles. The molecule has 1 heterocycles. The summed E-state index contributed by atoms with van der Waals surface area (Å²) in [6.45, 7) is 1.22. The summed E-state index contributed by atoms with van der Waals surface area (Å²) < 4.78 is 9.83. The summed E-state index contributed by atoms with van der Waals surface area (Å²) in [5.41, 5.74) is 4.22. The first kappa shape index (κ1) is 11.8. The Bertz CT molecular complexity index is 658. The van der Waals surface area contributed by atoms with Crippen molar-refractivity contribution in [3.8, 4) is 17.1 Å². The van der Waals surface area contributed by atoms with Crippen molar-refractivity contribution in [3.63, 3.8) is 0 Å². The first-order chi connectivity index (χ1) is 8.50. The SMILES string of the molecule is CC(=O)Oc1ccccc2c(C(N)=O)c(=O)oc1-2. The first-order valence-corrected chi connectivity index (χ1v) is 5.04. The Morgan fingerprint density at radius 1 is 1.28 bits per heavy atom. The molecule has 1 amide bonds. The van der Waals surface area contributed by atoms with Crippen LogP contribution in [0.5, 0.6) is 5.75 Å². The van der Waals surface area contributed by atoms with Crippen LogP contribution in [0, 0.1) is 0 Å². The first-order valence-electron chi connectivity index (χ1n) is 5.04. The highest BCUT2D eigenvalue weighted by molar-refractivity contribution is 6.00. The predicted molar refractivity (Wildman–Crippen MR) is 61.4 cm³/mol. The van der Waals surface area contributed by atoms with Crippen LogP contribution in [0.1, 0.15) is 17.3 Å². The number of carbonyl (C=O) groups is 2. The summed E-state index contributed by atoms with van der Waals surface area (Å²) >= 11 is 0. The monoisotopic (exact) mass is 247 g/mol. The van der Waals surface area contributed by atoms with E-state index < -0.39 is 17.5 Å². The minimum absolute atomic E-state index is 0.0222. The summed E-state index contributed by atoms with van der Waals surface area (Å²) in [7, 11) is 0. The van der Waals surface area contributed by atoms with Gasteiger partial charge in [0.05, 0.1) is 0 Å². The van der Waals surface area contributed by atoms with E-state index in [1.807, 2.05) is 0 Å². The third kappa shape index (κ3) is 1.95. The van der Waals surface area contributed by atoms with Gasteiger partial charge in [-0.1, -0.05) is 18.2 Å². The maximum Gasteiger partial charge on any atom is 0.350 e. The molecule has 1 aliphatic carbocycles. The molecule has 18 heavy (non-hydrogen) atoms. The van der Waals surface area contributed by atoms with Crippen molar-refractivity contribution in [1.82, 2.24) is 0 Å². The lowest BCUT2D eigenvalue weighted by Crippen LogP contribution is -2.18. The Kier molecular flexibility index (Phi) is 2.85. The van der Waals surface area contributed by atoms with Gasteiger partial charge in [0.25, 0.3) is 5.91 Å². The number of fused-ring (bicyclic) bond motifs is 1. The van der Waals surface area contributed by atoms with Gasteiger partial charge in [-0.3, -0.25) is 9.59 Å². The zero-order valence-electron chi connectivity index (χ0n) is 9.43. The van der Waals surface area contributed by atoms with E-state index in [-0.39, 0.29) is 22.6 Å². The summed E-state index contributed by atoms with van der Waals surface area (Å²) in [6.07, 6.45) is 0. The smallest absolute Gasteiger partial charge is 0.350 e. The third-order valence-electron chi connectivity index (χ3n) is 2.26. The highest BCUT2D eigenvalue weighted by Gasteiger charge is 2.24. The standard InChI is InChI=1S/C12H9NO5/c1-6(14)17-8-5-3-2-4-7-9(11(13)15)12(16)18-10(7)8/h2-5H,1H3,(H2,13,15). The number of primary amides is 1. The van der Waals surface area contributed by atoms with Crippen LogP contribution in [0.15, 0.2) is 33.5 Å². The minimum Gasteiger partial charge on any atom is -0.423 e. The zero-order chi connectivity index (χ0) is 13.3. The Morgan fingerprint density at radius 3 is 2.56 bits per heavy atom. The molecular formula is C12H9NO5. The zero-order valence-corrected chi connectivity index (χ0v) is 9.43. The number of hydrogen-bond acceptors (Lipinski definition) is 5. The Balaban J connectivity index is 2.73. The molecule has 2 rings (SSSR count). The number of carbonyl (C=O) groups excluding carboxylic acids is 2. The fourth-order valence-electron chi connectivity index (χ4n) is 1.60. The molecule has 6 heteroatoms. The molecule has 0 fully saturated rings. The normalized spacial score (nSPS) is 10.3. The fraction of sp³-hybridized carbons (Fsp3) is 0.0833. The number of rotatable bonds is 2. The van der Waals surface area contributed by atoms with Crippen LogP contribution in [0.25, 0.3) is 11.3 Å². The Hall–Kier alpha value is -2.63. The van der Waals surface area contributed by atoms with Crippen molar-refractivity contribution in [2.45, 2.75) is 6.92 Å². The van der Waals surface area contributed by atoms with Crippen LogP contribution in [0.4, 0.5) is 0 Å². The molecule has 0 aromatic rings. The second kappa shape index (κ2) is 4.33. The van der Waals surface area contributed by atoms with Crippen molar-refractivity contribution in [2.24, 2.45) is 5.73 Å². The van der Waals surface area contributed by atoms with Gasteiger partial charge in [0, 0.05) is 12.5 Å². The van der Waals surface area contributed by atoms with Crippen LogP contribution >= 0.6 is 0 Å². The number of ether oxygens (including phenoxy) is 1. The van der Waals surface area contributed by atoms with Crippen LogP contribution in [-0.4, -0.2) is 11.9 Å². The van der Waals surface area contributed by atoms with E-state index in [9.17, 15) is 14.4 Å². The van der Waals surface area contributed by atoms with Gasteiger partial charge in [-0.15, -0.1) is 0 Å². The lowest BCUT2D eigenvalue weighted by molar-refractivity contribution is -0.131. The lowest BCUT2D eigenvalue weighted by atomic mass is 10.1. The van der Waals surface area contributed by atoms with E-state index in [0.29, 0.717) is 0 Å². The molecule has 92 valence electrons. The van der Waals surface area contributed by atoms with Crippen molar-refractivity contribution in [2.75, 3.05) is 0 Å². The van der Waals surface area contributed by atoms with Crippen LogP contribution in [0.2, 0.25) is 0 Å². The molecule has 2 N–H and O–H groups in total. The number of nitrogens with two attached hydrogens (primary N) is 1. The van der Waals surface area contributed by atoms with E-state index >= 15 is 0 Å². The highest BCUT2D eigenvalue weighted by atomic mass is 16.5. The van der Waals surface area contributed by atoms with E-state index in [1.165, 1.54) is 19.1 Å². The Morgan fingerprint density at radius 2 is 1.94 bits per heavy atom.